The summed E-state index contributed by atoms with van der Waals surface area (Å²) < 4.78 is 0. The number of carbonyl (C=O) groups is 2. The molecule has 1 fully saturated rings. The van der Waals surface area contributed by atoms with Crippen molar-refractivity contribution in [2.24, 2.45) is 5.92 Å². The van der Waals surface area contributed by atoms with Crippen molar-refractivity contribution >= 4 is 17.5 Å². The van der Waals surface area contributed by atoms with Crippen molar-refractivity contribution in [3.63, 3.8) is 0 Å². The second-order valence-electron chi connectivity index (χ2n) is 5.62. The predicted octanol–water partition coefficient (Wildman–Crippen LogP) is 1.65. The third-order valence-electron chi connectivity index (χ3n) is 4.12. The monoisotopic (exact) mass is 303 g/mol. The average Bonchev–Trinajstić information content (AvgIpc) is 3.05. The van der Waals surface area contributed by atoms with Crippen LogP contribution in [0.15, 0.2) is 24.3 Å². The van der Waals surface area contributed by atoms with Crippen LogP contribution in [-0.4, -0.2) is 42.9 Å². The molecule has 120 valence electrons. The van der Waals surface area contributed by atoms with Gasteiger partial charge in [0.15, 0.2) is 0 Å². The zero-order chi connectivity index (χ0) is 15.9. The lowest BCUT2D eigenvalue weighted by Crippen LogP contribution is -2.31. The minimum Gasteiger partial charge on any atom is -0.343 e. The van der Waals surface area contributed by atoms with E-state index in [0.29, 0.717) is 6.42 Å². The van der Waals surface area contributed by atoms with Gasteiger partial charge in [-0.15, -0.1) is 0 Å². The molecule has 5 nitrogen and oxygen atoms in total. The molecule has 0 aromatic heterocycles. The van der Waals surface area contributed by atoms with Crippen LogP contribution in [0.3, 0.4) is 0 Å². The lowest BCUT2D eigenvalue weighted by Gasteiger charge is -2.18. The molecule has 1 aliphatic rings. The molecule has 1 aromatic rings. The van der Waals surface area contributed by atoms with Crippen LogP contribution in [0.2, 0.25) is 0 Å². The number of amides is 2. The van der Waals surface area contributed by atoms with E-state index in [9.17, 15) is 9.59 Å². The molecule has 1 saturated heterocycles. The maximum atomic E-state index is 12.1. The highest BCUT2D eigenvalue weighted by Crippen LogP contribution is 2.14. The van der Waals surface area contributed by atoms with Crippen molar-refractivity contribution in [1.82, 2.24) is 10.2 Å². The number of rotatable bonds is 6. The third kappa shape index (κ3) is 4.31. The van der Waals surface area contributed by atoms with Crippen molar-refractivity contribution < 1.29 is 9.59 Å². The fourth-order valence-electron chi connectivity index (χ4n) is 2.69. The molecule has 1 aliphatic heterocycles. The summed E-state index contributed by atoms with van der Waals surface area (Å²) in [6.07, 6.45) is 1.30. The molecule has 0 saturated carbocycles. The second-order valence-corrected chi connectivity index (χ2v) is 5.62. The largest absolute Gasteiger partial charge is 0.343 e. The minimum absolute atomic E-state index is 0.0592. The topological polar surface area (TPSA) is 61.4 Å². The summed E-state index contributed by atoms with van der Waals surface area (Å²) >= 11 is 0. The quantitative estimate of drug-likeness (QED) is 0.840. The van der Waals surface area contributed by atoms with Crippen LogP contribution < -0.4 is 10.6 Å². The molecule has 2 N–H and O–H groups in total. The molecular weight excluding hydrogens is 278 g/mol. The summed E-state index contributed by atoms with van der Waals surface area (Å²) in [5.74, 6) is 0.264. The Kier molecular flexibility index (Phi) is 5.95. The minimum atomic E-state index is 0.0592. The molecule has 0 spiro atoms. The first-order valence-corrected chi connectivity index (χ1v) is 8.02. The van der Waals surface area contributed by atoms with Crippen molar-refractivity contribution in [2.45, 2.75) is 26.7 Å². The molecule has 0 unspecified atom stereocenters. The van der Waals surface area contributed by atoms with Crippen LogP contribution in [0, 0.1) is 5.92 Å². The molecule has 2 amide bonds. The normalized spacial score (nSPS) is 17.3. The summed E-state index contributed by atoms with van der Waals surface area (Å²) in [6.45, 7) is 7.10. The highest BCUT2D eigenvalue weighted by molar-refractivity contribution is 5.93. The fraction of sp³-hybridized carbons (Fsp3) is 0.529. The number of nitrogens with zero attached hydrogens (tertiary/aromatic N) is 1. The standard InChI is InChI=1S/C17H25N3O2/c1-3-20(4-2)16(21)11-13-5-7-15(8-6-13)19-17(22)14-9-10-18-12-14/h5-8,14,18H,3-4,9-12H2,1-2H3,(H,19,22)/t14-/m1/s1. The Hall–Kier alpha value is -1.88. The Balaban J connectivity index is 1.89. The Morgan fingerprint density at radius 2 is 1.91 bits per heavy atom. The van der Waals surface area contributed by atoms with Gasteiger partial charge in [0.25, 0.3) is 0 Å². The molecule has 1 aromatic carbocycles. The SMILES string of the molecule is CCN(CC)C(=O)Cc1ccc(NC(=O)[C@@H]2CCNC2)cc1. The van der Waals surface area contributed by atoms with Crippen molar-refractivity contribution in [3.8, 4) is 0 Å². The molecule has 2 rings (SSSR count). The lowest BCUT2D eigenvalue weighted by atomic mass is 10.1. The van der Waals surface area contributed by atoms with Gasteiger partial charge >= 0.3 is 0 Å². The fourth-order valence-corrected chi connectivity index (χ4v) is 2.69. The first-order chi connectivity index (χ1) is 10.6. The van der Waals surface area contributed by atoms with E-state index in [2.05, 4.69) is 10.6 Å². The summed E-state index contributed by atoms with van der Waals surface area (Å²) in [5.41, 5.74) is 1.76. The van der Waals surface area contributed by atoms with E-state index >= 15 is 0 Å². The van der Waals surface area contributed by atoms with Gasteiger partial charge in [0.1, 0.15) is 0 Å². The van der Waals surface area contributed by atoms with Gasteiger partial charge in [-0.2, -0.15) is 0 Å². The second kappa shape index (κ2) is 7.94. The van der Waals surface area contributed by atoms with E-state index < -0.39 is 0 Å². The third-order valence-corrected chi connectivity index (χ3v) is 4.12. The van der Waals surface area contributed by atoms with Gasteiger partial charge < -0.3 is 15.5 Å². The molecule has 1 heterocycles. The van der Waals surface area contributed by atoms with E-state index in [1.165, 1.54) is 0 Å². The molecule has 0 radical (unpaired) electrons. The van der Waals surface area contributed by atoms with Crippen LogP contribution in [0.1, 0.15) is 25.8 Å². The number of hydrogen-bond donors (Lipinski definition) is 2. The van der Waals surface area contributed by atoms with Gasteiger partial charge in [-0.1, -0.05) is 12.1 Å². The highest BCUT2D eigenvalue weighted by Gasteiger charge is 2.22. The predicted molar refractivity (Wildman–Crippen MR) is 87.7 cm³/mol. The summed E-state index contributed by atoms with van der Waals surface area (Å²) in [7, 11) is 0. The summed E-state index contributed by atoms with van der Waals surface area (Å²) in [5, 5.41) is 6.12. The van der Waals surface area contributed by atoms with Gasteiger partial charge in [-0.05, 0) is 44.5 Å². The Bertz CT molecular complexity index is 468. The van der Waals surface area contributed by atoms with Gasteiger partial charge in [-0.3, -0.25) is 9.59 Å². The Morgan fingerprint density at radius 3 is 2.45 bits per heavy atom. The van der Waals surface area contributed by atoms with E-state index in [0.717, 1.165) is 43.9 Å². The first kappa shape index (κ1) is 16.5. The molecule has 0 aliphatic carbocycles. The Labute approximate surface area is 132 Å². The number of benzene rings is 1. The van der Waals surface area contributed by atoms with Crippen LogP contribution >= 0.6 is 0 Å². The number of likely N-dealkylation sites (N-methyl/N-ethyl adjacent to an activating group) is 1. The van der Waals surface area contributed by atoms with Crippen LogP contribution in [0.4, 0.5) is 5.69 Å². The molecule has 1 atom stereocenters. The maximum Gasteiger partial charge on any atom is 0.228 e. The smallest absolute Gasteiger partial charge is 0.228 e. The van der Waals surface area contributed by atoms with Crippen molar-refractivity contribution in [3.05, 3.63) is 29.8 Å². The van der Waals surface area contributed by atoms with Gasteiger partial charge in [0, 0.05) is 25.3 Å². The molecule has 0 bridgehead atoms. The maximum absolute atomic E-state index is 12.1. The van der Waals surface area contributed by atoms with Crippen LogP contribution in [0.5, 0.6) is 0 Å². The zero-order valence-electron chi connectivity index (χ0n) is 13.4. The van der Waals surface area contributed by atoms with Crippen molar-refractivity contribution in [2.75, 3.05) is 31.5 Å². The highest BCUT2D eigenvalue weighted by atomic mass is 16.2. The first-order valence-electron chi connectivity index (χ1n) is 8.02. The average molecular weight is 303 g/mol. The van der Waals surface area contributed by atoms with E-state index in [1.54, 1.807) is 0 Å². The van der Waals surface area contributed by atoms with Gasteiger partial charge in [0.05, 0.1) is 12.3 Å². The number of carbonyl (C=O) groups excluding carboxylic acids is 2. The van der Waals surface area contributed by atoms with Gasteiger partial charge in [-0.25, -0.2) is 0 Å². The van der Waals surface area contributed by atoms with E-state index in [4.69, 9.17) is 0 Å². The summed E-state index contributed by atoms with van der Waals surface area (Å²) in [4.78, 5) is 25.9. The van der Waals surface area contributed by atoms with Gasteiger partial charge in [0.2, 0.25) is 11.8 Å². The van der Waals surface area contributed by atoms with E-state index in [1.807, 2.05) is 43.0 Å². The molecular formula is C17H25N3O2. The van der Waals surface area contributed by atoms with Crippen LogP contribution in [-0.2, 0) is 16.0 Å². The van der Waals surface area contributed by atoms with E-state index in [-0.39, 0.29) is 17.7 Å². The lowest BCUT2D eigenvalue weighted by molar-refractivity contribution is -0.130. The Morgan fingerprint density at radius 1 is 1.23 bits per heavy atom. The van der Waals surface area contributed by atoms with Crippen molar-refractivity contribution in [1.29, 1.82) is 0 Å². The number of anilines is 1. The number of hydrogen-bond acceptors (Lipinski definition) is 3. The summed E-state index contributed by atoms with van der Waals surface area (Å²) in [6, 6.07) is 7.55. The molecule has 5 heteroatoms. The zero-order valence-corrected chi connectivity index (χ0v) is 13.4. The van der Waals surface area contributed by atoms with Crippen LogP contribution in [0.25, 0.3) is 0 Å². The molecule has 22 heavy (non-hydrogen) atoms. The number of nitrogens with one attached hydrogen (secondary N) is 2.